The first-order valence-corrected chi connectivity index (χ1v) is 6.11. The summed E-state index contributed by atoms with van der Waals surface area (Å²) in [6, 6.07) is 8.06. The van der Waals surface area contributed by atoms with Gasteiger partial charge in [0.15, 0.2) is 0 Å². The molecule has 1 saturated heterocycles. The number of hydrogen-bond acceptors (Lipinski definition) is 2. The van der Waals surface area contributed by atoms with Crippen LogP contribution in [0.2, 0.25) is 0 Å². The lowest BCUT2D eigenvalue weighted by Gasteiger charge is -2.31. The molecule has 0 aliphatic carbocycles. The molecule has 0 saturated carbocycles. The third kappa shape index (κ3) is 2.50. The smallest absolute Gasteiger partial charge is 0.150 e. The van der Waals surface area contributed by atoms with E-state index in [9.17, 15) is 4.79 Å². The monoisotopic (exact) mass is 217 g/mol. The van der Waals surface area contributed by atoms with Crippen molar-refractivity contribution in [1.29, 1.82) is 0 Å². The highest BCUT2D eigenvalue weighted by molar-refractivity contribution is 5.74. The largest absolute Gasteiger partial charge is 0.304 e. The van der Waals surface area contributed by atoms with Crippen molar-refractivity contribution in [3.63, 3.8) is 0 Å². The normalized spacial score (nSPS) is 18.6. The first-order chi connectivity index (χ1) is 7.83. The summed E-state index contributed by atoms with van der Waals surface area (Å²) in [5, 5.41) is 0. The van der Waals surface area contributed by atoms with Gasteiger partial charge in [0.1, 0.15) is 6.29 Å². The summed E-state index contributed by atoms with van der Waals surface area (Å²) >= 11 is 0. The van der Waals surface area contributed by atoms with E-state index in [1.807, 2.05) is 12.1 Å². The molecule has 0 amide bonds. The van der Waals surface area contributed by atoms with Crippen LogP contribution < -0.4 is 0 Å². The van der Waals surface area contributed by atoms with Gasteiger partial charge in [-0.15, -0.1) is 0 Å². The lowest BCUT2D eigenvalue weighted by molar-refractivity contribution is 0.112. The minimum absolute atomic E-state index is 0.684. The van der Waals surface area contributed by atoms with Gasteiger partial charge in [-0.2, -0.15) is 0 Å². The van der Waals surface area contributed by atoms with Crippen LogP contribution in [0.4, 0.5) is 0 Å². The van der Waals surface area contributed by atoms with Crippen molar-refractivity contribution in [2.75, 3.05) is 19.6 Å². The minimum atomic E-state index is 0.684. The fourth-order valence-corrected chi connectivity index (χ4v) is 2.43. The highest BCUT2D eigenvalue weighted by Gasteiger charge is 2.19. The molecule has 2 heteroatoms. The number of rotatable bonds is 3. The molecule has 1 aromatic carbocycles. The maximum absolute atomic E-state index is 10.6. The van der Waals surface area contributed by atoms with Crippen LogP contribution >= 0.6 is 0 Å². The molecule has 1 heterocycles. The second-order valence-corrected chi connectivity index (χ2v) is 4.49. The van der Waals surface area contributed by atoms with Crippen LogP contribution in [0.5, 0.6) is 0 Å². The van der Waals surface area contributed by atoms with Gasteiger partial charge in [-0.25, -0.2) is 0 Å². The van der Waals surface area contributed by atoms with Gasteiger partial charge in [0, 0.05) is 5.56 Å². The van der Waals surface area contributed by atoms with E-state index in [-0.39, 0.29) is 0 Å². The van der Waals surface area contributed by atoms with E-state index in [0.717, 1.165) is 18.4 Å². The van der Waals surface area contributed by atoms with Crippen molar-refractivity contribution < 1.29 is 4.79 Å². The van der Waals surface area contributed by atoms with Gasteiger partial charge >= 0.3 is 0 Å². The number of carbonyl (C=O) groups excluding carboxylic acids is 1. The molecular weight excluding hydrogens is 198 g/mol. The third-order valence-electron chi connectivity index (χ3n) is 3.58. The Labute approximate surface area is 97.3 Å². The molecule has 1 aliphatic heterocycles. The number of carbonyl (C=O) groups is 1. The summed E-state index contributed by atoms with van der Waals surface area (Å²) in [6.45, 7) is 5.79. The zero-order valence-electron chi connectivity index (χ0n) is 9.86. The second kappa shape index (κ2) is 5.26. The van der Waals surface area contributed by atoms with Gasteiger partial charge in [-0.1, -0.05) is 31.2 Å². The molecule has 0 atom stereocenters. The topological polar surface area (TPSA) is 20.3 Å². The second-order valence-electron chi connectivity index (χ2n) is 4.49. The van der Waals surface area contributed by atoms with Crippen molar-refractivity contribution in [3.8, 4) is 0 Å². The highest BCUT2D eigenvalue weighted by Crippen LogP contribution is 2.27. The molecule has 1 aliphatic rings. The Bertz CT molecular complexity index is 336. The highest BCUT2D eigenvalue weighted by atomic mass is 16.1. The SMILES string of the molecule is CCN1CCC(c2ccc(C=O)cc2)CC1. The van der Waals surface area contributed by atoms with Gasteiger partial charge < -0.3 is 4.90 Å². The van der Waals surface area contributed by atoms with Crippen molar-refractivity contribution in [1.82, 2.24) is 4.90 Å². The zero-order valence-corrected chi connectivity index (χ0v) is 9.86. The van der Waals surface area contributed by atoms with Crippen LogP contribution in [0, 0.1) is 0 Å². The minimum Gasteiger partial charge on any atom is -0.304 e. The standard InChI is InChI=1S/C14H19NO/c1-2-15-9-7-14(8-10-15)13-5-3-12(11-16)4-6-13/h3-6,11,14H,2,7-10H2,1H3. The number of benzene rings is 1. The van der Waals surface area contributed by atoms with Crippen LogP contribution in [0.3, 0.4) is 0 Å². The molecule has 0 radical (unpaired) electrons. The van der Waals surface area contributed by atoms with Crippen molar-refractivity contribution in [2.24, 2.45) is 0 Å². The maximum atomic E-state index is 10.6. The predicted octanol–water partition coefficient (Wildman–Crippen LogP) is 2.70. The van der Waals surface area contributed by atoms with Crippen LogP contribution in [-0.2, 0) is 0 Å². The summed E-state index contributed by atoms with van der Waals surface area (Å²) in [5.41, 5.74) is 2.16. The lowest BCUT2D eigenvalue weighted by Crippen LogP contribution is -2.32. The Kier molecular flexibility index (Phi) is 3.73. The molecule has 2 rings (SSSR count). The number of piperidine rings is 1. The molecule has 0 spiro atoms. The summed E-state index contributed by atoms with van der Waals surface area (Å²) < 4.78 is 0. The first kappa shape index (κ1) is 11.3. The Balaban J connectivity index is 1.99. The Morgan fingerprint density at radius 2 is 1.88 bits per heavy atom. The maximum Gasteiger partial charge on any atom is 0.150 e. The summed E-state index contributed by atoms with van der Waals surface area (Å²) in [6.07, 6.45) is 3.39. The third-order valence-corrected chi connectivity index (χ3v) is 3.58. The molecule has 0 unspecified atom stereocenters. The van der Waals surface area contributed by atoms with E-state index in [4.69, 9.17) is 0 Å². The van der Waals surface area contributed by atoms with Crippen LogP contribution in [-0.4, -0.2) is 30.8 Å². The fraction of sp³-hybridized carbons (Fsp3) is 0.500. The van der Waals surface area contributed by atoms with E-state index in [2.05, 4.69) is 24.0 Å². The van der Waals surface area contributed by atoms with Crippen molar-refractivity contribution >= 4 is 6.29 Å². The molecule has 0 bridgehead atoms. The summed E-state index contributed by atoms with van der Waals surface area (Å²) in [5.74, 6) is 0.684. The Morgan fingerprint density at radius 1 is 1.25 bits per heavy atom. The van der Waals surface area contributed by atoms with E-state index in [1.165, 1.54) is 31.5 Å². The van der Waals surface area contributed by atoms with Gasteiger partial charge in [-0.3, -0.25) is 4.79 Å². The van der Waals surface area contributed by atoms with Crippen LogP contribution in [0.1, 0.15) is 41.6 Å². The average molecular weight is 217 g/mol. The average Bonchev–Trinajstić information content (AvgIpc) is 2.39. The quantitative estimate of drug-likeness (QED) is 0.725. The molecule has 1 fully saturated rings. The van der Waals surface area contributed by atoms with Gasteiger partial charge in [-0.05, 0) is 44.0 Å². The van der Waals surface area contributed by atoms with E-state index >= 15 is 0 Å². The number of aldehydes is 1. The molecule has 1 aromatic rings. The first-order valence-electron chi connectivity index (χ1n) is 6.11. The van der Waals surface area contributed by atoms with Gasteiger partial charge in [0.25, 0.3) is 0 Å². The van der Waals surface area contributed by atoms with Crippen molar-refractivity contribution in [2.45, 2.75) is 25.7 Å². The van der Waals surface area contributed by atoms with Crippen LogP contribution in [0.15, 0.2) is 24.3 Å². The van der Waals surface area contributed by atoms with Gasteiger partial charge in [0.2, 0.25) is 0 Å². The number of likely N-dealkylation sites (tertiary alicyclic amines) is 1. The molecule has 2 nitrogen and oxygen atoms in total. The lowest BCUT2D eigenvalue weighted by atomic mass is 9.89. The molecule has 86 valence electrons. The number of hydrogen-bond donors (Lipinski definition) is 0. The van der Waals surface area contributed by atoms with Gasteiger partial charge in [0.05, 0.1) is 0 Å². The summed E-state index contributed by atoms with van der Waals surface area (Å²) in [7, 11) is 0. The number of nitrogens with zero attached hydrogens (tertiary/aromatic N) is 1. The Morgan fingerprint density at radius 3 is 2.38 bits per heavy atom. The van der Waals surface area contributed by atoms with Crippen molar-refractivity contribution in [3.05, 3.63) is 35.4 Å². The Hall–Kier alpha value is -1.15. The molecule has 0 N–H and O–H groups in total. The van der Waals surface area contributed by atoms with E-state index in [0.29, 0.717) is 5.92 Å². The molecule has 0 aromatic heterocycles. The van der Waals surface area contributed by atoms with E-state index in [1.54, 1.807) is 0 Å². The van der Waals surface area contributed by atoms with E-state index < -0.39 is 0 Å². The van der Waals surface area contributed by atoms with Crippen LogP contribution in [0.25, 0.3) is 0 Å². The summed E-state index contributed by atoms with van der Waals surface area (Å²) in [4.78, 5) is 13.1. The fourth-order valence-electron chi connectivity index (χ4n) is 2.43. The predicted molar refractivity (Wildman–Crippen MR) is 65.9 cm³/mol. The molecular formula is C14H19NO. The molecule has 16 heavy (non-hydrogen) atoms. The zero-order chi connectivity index (χ0) is 11.4.